The second kappa shape index (κ2) is 8.99. The van der Waals surface area contributed by atoms with E-state index in [0.717, 1.165) is 31.7 Å². The van der Waals surface area contributed by atoms with Crippen LogP contribution in [0.15, 0.2) is 91.0 Å². The highest BCUT2D eigenvalue weighted by Crippen LogP contribution is 2.50. The van der Waals surface area contributed by atoms with Gasteiger partial charge in [-0.1, -0.05) is 91.0 Å². The summed E-state index contributed by atoms with van der Waals surface area (Å²) in [6.45, 7) is 2.37. The van der Waals surface area contributed by atoms with Gasteiger partial charge in [0, 0.05) is 37.5 Å². The van der Waals surface area contributed by atoms with Crippen LogP contribution < -0.4 is 0 Å². The van der Waals surface area contributed by atoms with E-state index in [1.54, 1.807) is 0 Å². The first-order valence-electron chi connectivity index (χ1n) is 11.0. The summed E-state index contributed by atoms with van der Waals surface area (Å²) in [6, 6.07) is 31.7. The third kappa shape index (κ3) is 4.08. The number of ether oxygens (including phenoxy) is 1. The lowest BCUT2D eigenvalue weighted by molar-refractivity contribution is -0.110. The molecule has 2 atom stereocenters. The second-order valence-electron chi connectivity index (χ2n) is 8.44. The van der Waals surface area contributed by atoms with E-state index >= 15 is 0 Å². The Labute approximate surface area is 188 Å². The van der Waals surface area contributed by atoms with E-state index in [9.17, 15) is 4.79 Å². The maximum Gasteiger partial charge on any atom is 0.208 e. The van der Waals surface area contributed by atoms with Gasteiger partial charge in [0.2, 0.25) is 5.12 Å². The number of hydrogen-bond donors (Lipinski definition) is 0. The molecule has 0 N–H and O–H groups in total. The molecule has 0 aromatic heterocycles. The van der Waals surface area contributed by atoms with Crippen molar-refractivity contribution >= 4 is 17.1 Å². The maximum atomic E-state index is 12.8. The molecule has 0 unspecified atom stereocenters. The van der Waals surface area contributed by atoms with Crippen molar-refractivity contribution in [3.05, 3.63) is 108 Å². The quantitative estimate of drug-likeness (QED) is 0.527. The summed E-state index contributed by atoms with van der Waals surface area (Å²) in [6.07, 6.45) is 1.55. The first-order valence-corrected chi connectivity index (χ1v) is 11.8. The monoisotopic (exact) mass is 429 g/mol. The Balaban J connectivity index is 1.41. The minimum atomic E-state index is -0.0940. The van der Waals surface area contributed by atoms with Crippen LogP contribution in [0.25, 0.3) is 0 Å². The lowest BCUT2D eigenvalue weighted by Crippen LogP contribution is -2.48. The normalized spacial score (nSPS) is 22.7. The highest BCUT2D eigenvalue weighted by atomic mass is 32.2. The number of carbonyl (C=O) groups is 1. The molecule has 31 heavy (non-hydrogen) atoms. The fourth-order valence-corrected chi connectivity index (χ4v) is 6.28. The van der Waals surface area contributed by atoms with Gasteiger partial charge in [0.1, 0.15) is 0 Å². The van der Waals surface area contributed by atoms with Crippen molar-refractivity contribution in [3.63, 3.8) is 0 Å². The summed E-state index contributed by atoms with van der Waals surface area (Å²) >= 11 is 1.37. The van der Waals surface area contributed by atoms with Crippen LogP contribution in [0, 0.1) is 5.92 Å². The molecule has 3 nitrogen and oxygen atoms in total. The van der Waals surface area contributed by atoms with Gasteiger partial charge >= 0.3 is 0 Å². The van der Waals surface area contributed by atoms with Crippen LogP contribution in [0.1, 0.15) is 23.1 Å². The van der Waals surface area contributed by atoms with Gasteiger partial charge in [0.25, 0.3) is 0 Å². The largest absolute Gasteiger partial charge is 0.376 e. The molecule has 2 aliphatic heterocycles. The number of fused-ring (bicyclic) bond motifs is 1. The van der Waals surface area contributed by atoms with Gasteiger partial charge in [-0.3, -0.25) is 4.79 Å². The molecule has 158 valence electrons. The van der Waals surface area contributed by atoms with Gasteiger partial charge in [-0.05, 0) is 35.1 Å². The third-order valence-electron chi connectivity index (χ3n) is 6.69. The topological polar surface area (TPSA) is 29.5 Å². The molecule has 2 fully saturated rings. The molecule has 3 aromatic carbocycles. The van der Waals surface area contributed by atoms with Crippen LogP contribution in [-0.2, 0) is 21.4 Å². The van der Waals surface area contributed by atoms with Gasteiger partial charge in [-0.2, -0.15) is 0 Å². The van der Waals surface area contributed by atoms with Crippen LogP contribution in [0.2, 0.25) is 0 Å². The van der Waals surface area contributed by atoms with Crippen molar-refractivity contribution in [1.29, 1.82) is 0 Å². The maximum absolute atomic E-state index is 12.8. The minimum Gasteiger partial charge on any atom is -0.376 e. The molecular weight excluding hydrogens is 402 g/mol. The summed E-state index contributed by atoms with van der Waals surface area (Å²) < 4.78 is 8.49. The Morgan fingerprint density at radius 2 is 1.45 bits per heavy atom. The van der Waals surface area contributed by atoms with E-state index < -0.39 is 0 Å². The van der Waals surface area contributed by atoms with E-state index in [4.69, 9.17) is 4.74 Å². The molecule has 0 amide bonds. The Hall–Kier alpha value is -2.40. The Bertz CT molecular complexity index is 970. The lowest BCUT2D eigenvalue weighted by Gasteiger charge is -2.46. The number of rotatable bonds is 5. The van der Waals surface area contributed by atoms with E-state index in [-0.39, 0.29) is 16.6 Å². The summed E-state index contributed by atoms with van der Waals surface area (Å²) in [5.74, 6) is 0.308. The molecule has 2 heterocycles. The van der Waals surface area contributed by atoms with Crippen LogP contribution in [0.3, 0.4) is 0 Å². The third-order valence-corrected chi connectivity index (χ3v) is 7.60. The molecule has 0 aliphatic carbocycles. The second-order valence-corrected chi connectivity index (χ2v) is 9.60. The molecule has 3 aromatic rings. The smallest absolute Gasteiger partial charge is 0.208 e. The van der Waals surface area contributed by atoms with Crippen molar-refractivity contribution in [2.45, 2.75) is 24.4 Å². The van der Waals surface area contributed by atoms with E-state index in [0.29, 0.717) is 12.3 Å². The molecule has 5 rings (SSSR count). The molecule has 0 radical (unpaired) electrons. The summed E-state index contributed by atoms with van der Waals surface area (Å²) in [4.78, 5) is 12.8. The molecule has 2 saturated heterocycles. The molecule has 4 heteroatoms. The Morgan fingerprint density at radius 1 is 0.871 bits per heavy atom. The van der Waals surface area contributed by atoms with Crippen molar-refractivity contribution < 1.29 is 9.53 Å². The van der Waals surface area contributed by atoms with Crippen LogP contribution in [0.5, 0.6) is 0 Å². The predicted octanol–water partition coefficient (Wildman–Crippen LogP) is 5.11. The highest BCUT2D eigenvalue weighted by molar-refractivity contribution is 8.11. The van der Waals surface area contributed by atoms with E-state index in [1.807, 2.05) is 30.3 Å². The fraction of sp³-hybridized carbons (Fsp3) is 0.296. The van der Waals surface area contributed by atoms with Gasteiger partial charge in [0.05, 0.1) is 6.10 Å². The van der Waals surface area contributed by atoms with Crippen molar-refractivity contribution in [1.82, 2.24) is 4.31 Å². The Morgan fingerprint density at radius 3 is 2.06 bits per heavy atom. The minimum absolute atomic E-state index is 0.0940. The molecular formula is C27H27NO2S. The van der Waals surface area contributed by atoms with Crippen molar-refractivity contribution in [2.75, 3.05) is 19.7 Å². The van der Waals surface area contributed by atoms with Gasteiger partial charge in [-0.25, -0.2) is 4.31 Å². The number of benzene rings is 3. The van der Waals surface area contributed by atoms with E-state index in [1.165, 1.54) is 23.1 Å². The van der Waals surface area contributed by atoms with Crippen molar-refractivity contribution in [3.8, 4) is 0 Å². The first-order chi connectivity index (χ1) is 15.3. The Kier molecular flexibility index (Phi) is 5.95. The number of carbonyl (C=O) groups excluding carboxylic acids is 1. The standard InChI is InChI=1S/C27H27NO2S/c29-26(18-21-10-4-1-5-11-21)31-28-19-24-25(20-28)30-17-16-27(24,22-12-6-2-7-13-22)23-14-8-3-9-15-23/h1-15,24-25H,16-20H2/t24-,25+/m1/s1. The number of nitrogens with zero attached hydrogens (tertiary/aromatic N) is 1. The zero-order chi connectivity index (χ0) is 21.1. The van der Waals surface area contributed by atoms with E-state index in [2.05, 4.69) is 65.0 Å². The predicted molar refractivity (Wildman–Crippen MR) is 126 cm³/mol. The lowest BCUT2D eigenvalue weighted by atomic mass is 9.62. The summed E-state index contributed by atoms with van der Waals surface area (Å²) in [5, 5.41) is 0.190. The highest BCUT2D eigenvalue weighted by Gasteiger charge is 2.52. The summed E-state index contributed by atoms with van der Waals surface area (Å²) in [5.41, 5.74) is 3.67. The van der Waals surface area contributed by atoms with Gasteiger partial charge in [-0.15, -0.1) is 0 Å². The zero-order valence-corrected chi connectivity index (χ0v) is 18.3. The fourth-order valence-electron chi connectivity index (χ4n) is 5.31. The van der Waals surface area contributed by atoms with Gasteiger partial charge < -0.3 is 4.74 Å². The average Bonchev–Trinajstić information content (AvgIpc) is 3.23. The van der Waals surface area contributed by atoms with Crippen LogP contribution in [0.4, 0.5) is 0 Å². The van der Waals surface area contributed by atoms with Crippen LogP contribution >= 0.6 is 11.9 Å². The molecule has 0 spiro atoms. The molecule has 0 bridgehead atoms. The average molecular weight is 430 g/mol. The summed E-state index contributed by atoms with van der Waals surface area (Å²) in [7, 11) is 0. The number of hydrogen-bond acceptors (Lipinski definition) is 4. The van der Waals surface area contributed by atoms with Crippen LogP contribution in [-0.4, -0.2) is 35.2 Å². The first kappa shape index (κ1) is 20.5. The molecule has 2 aliphatic rings. The van der Waals surface area contributed by atoms with Crippen molar-refractivity contribution in [2.24, 2.45) is 5.92 Å². The SMILES string of the molecule is O=C(Cc1ccccc1)SN1C[C@@H]2OCCC(c3ccccc3)(c3ccccc3)[C@@H]2C1. The van der Waals surface area contributed by atoms with Gasteiger partial charge in [0.15, 0.2) is 0 Å². The zero-order valence-electron chi connectivity index (χ0n) is 17.5. The molecule has 0 saturated carbocycles.